The molecule has 0 aliphatic rings. The standard InChI is InChI=1S/C20H26N2O4S/c1-5-22(6-2)14-15(12-16(13-21)19(23)26-7-3)8-9-17-10-11-18(27-17)20(24)25-4/h10-12,14H,5-9H2,1-4H3. The summed E-state index contributed by atoms with van der Waals surface area (Å²) in [7, 11) is 1.36. The minimum atomic E-state index is -0.616. The zero-order chi connectivity index (χ0) is 20.2. The molecule has 27 heavy (non-hydrogen) atoms. The molecule has 1 heterocycles. The maximum Gasteiger partial charge on any atom is 0.348 e. The van der Waals surface area contributed by atoms with Crippen molar-refractivity contribution in [1.29, 1.82) is 5.26 Å². The van der Waals surface area contributed by atoms with Crippen LogP contribution in [0.25, 0.3) is 0 Å². The van der Waals surface area contributed by atoms with Crippen molar-refractivity contribution in [3.8, 4) is 6.07 Å². The SMILES string of the molecule is CCOC(=O)C(C#N)=CC(=CN(CC)CC)CCc1ccc(C(=O)OC)s1. The summed E-state index contributed by atoms with van der Waals surface area (Å²) in [5.74, 6) is -0.964. The number of hydrogen-bond donors (Lipinski definition) is 0. The van der Waals surface area contributed by atoms with Crippen molar-refractivity contribution in [2.45, 2.75) is 33.6 Å². The van der Waals surface area contributed by atoms with Crippen molar-refractivity contribution in [2.24, 2.45) is 0 Å². The Morgan fingerprint density at radius 3 is 2.52 bits per heavy atom. The highest BCUT2D eigenvalue weighted by Gasteiger charge is 2.13. The molecule has 0 saturated heterocycles. The summed E-state index contributed by atoms with van der Waals surface area (Å²) in [6.45, 7) is 7.65. The summed E-state index contributed by atoms with van der Waals surface area (Å²) in [6, 6.07) is 5.56. The van der Waals surface area contributed by atoms with Gasteiger partial charge in [-0.15, -0.1) is 11.3 Å². The van der Waals surface area contributed by atoms with Crippen molar-refractivity contribution in [2.75, 3.05) is 26.8 Å². The van der Waals surface area contributed by atoms with Gasteiger partial charge in [-0.25, -0.2) is 9.59 Å². The number of nitrogens with zero attached hydrogens (tertiary/aromatic N) is 2. The third kappa shape index (κ3) is 7.27. The third-order valence-corrected chi connectivity index (χ3v) is 4.94. The number of esters is 2. The fourth-order valence-corrected chi connectivity index (χ4v) is 3.26. The Hall–Kier alpha value is -2.59. The van der Waals surface area contributed by atoms with E-state index >= 15 is 0 Å². The lowest BCUT2D eigenvalue weighted by Gasteiger charge is -2.17. The zero-order valence-corrected chi connectivity index (χ0v) is 17.1. The summed E-state index contributed by atoms with van der Waals surface area (Å²) in [5.41, 5.74) is 0.841. The van der Waals surface area contributed by atoms with Gasteiger partial charge in [-0.2, -0.15) is 5.26 Å². The number of carbonyl (C=O) groups excluding carboxylic acids is 2. The Labute approximate surface area is 164 Å². The minimum Gasteiger partial charge on any atom is -0.465 e. The second kappa shape index (κ2) is 11.9. The maximum absolute atomic E-state index is 11.9. The second-order valence-electron chi connectivity index (χ2n) is 5.57. The molecule has 0 aromatic carbocycles. The summed E-state index contributed by atoms with van der Waals surface area (Å²) in [4.78, 5) is 27.2. The van der Waals surface area contributed by atoms with Gasteiger partial charge < -0.3 is 14.4 Å². The van der Waals surface area contributed by atoms with Gasteiger partial charge in [0.25, 0.3) is 0 Å². The van der Waals surface area contributed by atoms with Crippen molar-refractivity contribution in [3.05, 3.63) is 45.3 Å². The molecular formula is C20H26N2O4S. The quantitative estimate of drug-likeness (QED) is 0.262. The lowest BCUT2D eigenvalue weighted by Crippen LogP contribution is -2.16. The number of rotatable bonds is 10. The molecule has 1 aromatic rings. The largest absolute Gasteiger partial charge is 0.465 e. The van der Waals surface area contributed by atoms with Gasteiger partial charge in [0.05, 0.1) is 13.7 Å². The van der Waals surface area contributed by atoms with E-state index in [1.54, 1.807) is 19.1 Å². The molecule has 0 aliphatic carbocycles. The van der Waals surface area contributed by atoms with E-state index in [9.17, 15) is 14.9 Å². The molecule has 0 bridgehead atoms. The summed E-state index contributed by atoms with van der Waals surface area (Å²) in [6.07, 6.45) is 4.87. The predicted octanol–water partition coefficient (Wildman–Crippen LogP) is 3.71. The fraction of sp³-hybridized carbons (Fsp3) is 0.450. The fourth-order valence-electron chi connectivity index (χ4n) is 2.34. The van der Waals surface area contributed by atoms with Gasteiger partial charge in [-0.3, -0.25) is 0 Å². The number of allylic oxidation sites excluding steroid dienone is 2. The van der Waals surface area contributed by atoms with Gasteiger partial charge in [-0.05, 0) is 57.4 Å². The van der Waals surface area contributed by atoms with Crippen LogP contribution in [0.15, 0.2) is 35.6 Å². The van der Waals surface area contributed by atoms with Gasteiger partial charge in [0.2, 0.25) is 0 Å². The Bertz CT molecular complexity index is 739. The molecule has 0 spiro atoms. The lowest BCUT2D eigenvalue weighted by molar-refractivity contribution is -0.138. The average Bonchev–Trinajstić information content (AvgIpc) is 3.16. The van der Waals surface area contributed by atoms with Gasteiger partial charge in [0.1, 0.15) is 16.5 Å². The molecule has 6 nitrogen and oxygen atoms in total. The van der Waals surface area contributed by atoms with Crippen LogP contribution in [-0.4, -0.2) is 43.6 Å². The summed E-state index contributed by atoms with van der Waals surface area (Å²) < 4.78 is 9.67. The van der Waals surface area contributed by atoms with Crippen molar-refractivity contribution in [1.82, 2.24) is 4.90 Å². The molecule has 0 amide bonds. The van der Waals surface area contributed by atoms with E-state index in [-0.39, 0.29) is 18.1 Å². The van der Waals surface area contributed by atoms with E-state index in [0.29, 0.717) is 17.7 Å². The highest BCUT2D eigenvalue weighted by Crippen LogP contribution is 2.21. The van der Waals surface area contributed by atoms with Crippen LogP contribution in [-0.2, 0) is 20.7 Å². The highest BCUT2D eigenvalue weighted by atomic mass is 32.1. The van der Waals surface area contributed by atoms with Crippen LogP contribution in [0.5, 0.6) is 0 Å². The first kappa shape index (κ1) is 22.5. The first-order valence-corrected chi connectivity index (χ1v) is 9.71. The van der Waals surface area contributed by atoms with E-state index in [4.69, 9.17) is 9.47 Å². The van der Waals surface area contributed by atoms with Crippen LogP contribution in [0.1, 0.15) is 41.7 Å². The summed E-state index contributed by atoms with van der Waals surface area (Å²) >= 11 is 1.38. The van der Waals surface area contributed by atoms with E-state index in [1.807, 2.05) is 32.2 Å². The molecule has 0 N–H and O–H groups in total. The maximum atomic E-state index is 11.9. The molecule has 1 aromatic heterocycles. The second-order valence-corrected chi connectivity index (χ2v) is 6.74. The van der Waals surface area contributed by atoms with Gasteiger partial charge in [-0.1, -0.05) is 0 Å². The van der Waals surface area contributed by atoms with E-state index in [2.05, 4.69) is 4.90 Å². The molecule has 0 radical (unpaired) electrons. The van der Waals surface area contributed by atoms with Crippen molar-refractivity contribution < 1.29 is 19.1 Å². The van der Waals surface area contributed by atoms with Gasteiger partial charge in [0.15, 0.2) is 0 Å². The van der Waals surface area contributed by atoms with Crippen LogP contribution >= 0.6 is 11.3 Å². The topological polar surface area (TPSA) is 79.6 Å². The lowest BCUT2D eigenvalue weighted by atomic mass is 10.1. The summed E-state index contributed by atoms with van der Waals surface area (Å²) in [5, 5.41) is 9.29. The monoisotopic (exact) mass is 390 g/mol. The van der Waals surface area contributed by atoms with E-state index < -0.39 is 5.97 Å². The molecule has 0 atom stereocenters. The number of hydrogen-bond acceptors (Lipinski definition) is 7. The third-order valence-electron chi connectivity index (χ3n) is 3.81. The predicted molar refractivity (Wildman–Crippen MR) is 105 cm³/mol. The number of ether oxygens (including phenoxy) is 2. The normalized spacial score (nSPS) is 11.7. The van der Waals surface area contributed by atoms with E-state index in [0.717, 1.165) is 23.5 Å². The van der Waals surface area contributed by atoms with Crippen LogP contribution in [0, 0.1) is 11.3 Å². The molecule has 0 saturated carbocycles. The average molecular weight is 391 g/mol. The van der Waals surface area contributed by atoms with Crippen LogP contribution in [0.3, 0.4) is 0 Å². The Morgan fingerprint density at radius 2 is 1.96 bits per heavy atom. The Kier molecular flexibility index (Phi) is 9.91. The number of methoxy groups -OCH3 is 1. The van der Waals surface area contributed by atoms with Crippen LogP contribution in [0.2, 0.25) is 0 Å². The number of nitriles is 1. The first-order valence-electron chi connectivity index (χ1n) is 8.89. The molecule has 0 aliphatic heterocycles. The number of carbonyl (C=O) groups is 2. The highest BCUT2D eigenvalue weighted by molar-refractivity contribution is 7.13. The van der Waals surface area contributed by atoms with E-state index in [1.165, 1.54) is 18.4 Å². The molecular weight excluding hydrogens is 364 g/mol. The van der Waals surface area contributed by atoms with Gasteiger partial charge in [0, 0.05) is 24.2 Å². The Balaban J connectivity index is 3.02. The molecule has 0 fully saturated rings. The van der Waals surface area contributed by atoms with Crippen LogP contribution < -0.4 is 0 Å². The first-order chi connectivity index (χ1) is 13.0. The van der Waals surface area contributed by atoms with Crippen LogP contribution in [0.4, 0.5) is 0 Å². The van der Waals surface area contributed by atoms with Gasteiger partial charge >= 0.3 is 11.9 Å². The number of thiophene rings is 1. The molecule has 7 heteroatoms. The van der Waals surface area contributed by atoms with Crippen molar-refractivity contribution >= 4 is 23.3 Å². The minimum absolute atomic E-state index is 0.0170. The molecule has 0 unspecified atom stereocenters. The Morgan fingerprint density at radius 1 is 1.26 bits per heavy atom. The smallest absolute Gasteiger partial charge is 0.348 e. The van der Waals surface area contributed by atoms with Crippen molar-refractivity contribution in [3.63, 3.8) is 0 Å². The molecule has 1 rings (SSSR count). The number of aryl methyl sites for hydroxylation is 1. The molecule has 146 valence electrons. The zero-order valence-electron chi connectivity index (χ0n) is 16.3.